The van der Waals surface area contributed by atoms with Crippen LogP contribution >= 0.6 is 0 Å². The number of amides is 1. The van der Waals surface area contributed by atoms with Crippen molar-refractivity contribution >= 4 is 11.9 Å². The van der Waals surface area contributed by atoms with Crippen LogP contribution in [0.5, 0.6) is 0 Å². The number of aromatic amines is 1. The van der Waals surface area contributed by atoms with Crippen LogP contribution in [0.25, 0.3) is 11.1 Å². The number of aromatic nitrogens is 4. The number of hydrogen-bond donors (Lipinski definition) is 3. The van der Waals surface area contributed by atoms with Gasteiger partial charge in [-0.05, 0) is 41.7 Å². The third-order valence-corrected chi connectivity index (χ3v) is 5.03. The Morgan fingerprint density at radius 1 is 1.14 bits per heavy atom. The first-order chi connectivity index (χ1) is 14.0. The number of H-pyrrole nitrogens is 1. The average molecular weight is 393 g/mol. The number of nitrogens with two attached hydrogens (primary N) is 1. The van der Waals surface area contributed by atoms with Gasteiger partial charge in [0, 0.05) is 11.5 Å². The molecule has 0 aliphatic heterocycles. The first-order valence-corrected chi connectivity index (χ1v) is 9.45. The Bertz CT molecular complexity index is 970. The number of carboxylic acid groups (broad SMARTS) is 1. The normalized spacial score (nSPS) is 13.0. The number of tetrazole rings is 1. The first-order valence-electron chi connectivity index (χ1n) is 9.45. The number of aliphatic carboxylic acids is 1. The van der Waals surface area contributed by atoms with E-state index >= 15 is 0 Å². The highest BCUT2D eigenvalue weighted by atomic mass is 16.4. The number of carbonyl (C=O) groups is 2. The van der Waals surface area contributed by atoms with Crippen LogP contribution < -0.4 is 5.73 Å². The highest BCUT2D eigenvalue weighted by Gasteiger charge is 2.32. The maximum Gasteiger partial charge on any atom is 0.307 e. The molecule has 29 heavy (non-hydrogen) atoms. The molecule has 0 fully saturated rings. The summed E-state index contributed by atoms with van der Waals surface area (Å²) in [5, 5.41) is 24.0. The van der Waals surface area contributed by atoms with Crippen LogP contribution in [0.2, 0.25) is 0 Å². The number of benzene rings is 2. The van der Waals surface area contributed by atoms with Gasteiger partial charge in [0.2, 0.25) is 5.91 Å². The van der Waals surface area contributed by atoms with Gasteiger partial charge in [-0.3, -0.25) is 9.59 Å². The summed E-state index contributed by atoms with van der Waals surface area (Å²) in [6, 6.07) is 14.8. The van der Waals surface area contributed by atoms with Crippen molar-refractivity contribution in [1.82, 2.24) is 20.6 Å². The molecular weight excluding hydrogens is 370 g/mol. The summed E-state index contributed by atoms with van der Waals surface area (Å²) in [6.45, 7) is 1.96. The quantitative estimate of drug-likeness (QED) is 0.511. The van der Waals surface area contributed by atoms with E-state index in [-0.39, 0.29) is 0 Å². The summed E-state index contributed by atoms with van der Waals surface area (Å²) >= 11 is 0. The Balaban J connectivity index is 1.98. The summed E-state index contributed by atoms with van der Waals surface area (Å²) in [5.41, 5.74) is 8.60. The van der Waals surface area contributed by atoms with E-state index in [0.29, 0.717) is 24.2 Å². The van der Waals surface area contributed by atoms with Gasteiger partial charge in [-0.1, -0.05) is 55.0 Å². The van der Waals surface area contributed by atoms with Crippen LogP contribution in [0.4, 0.5) is 0 Å². The molecule has 8 nitrogen and oxygen atoms in total. The SMILES string of the molecule is CCC[C@H](C(=O)O)[C@H](Cc1ccccc1-c1ccc(C(N)=O)cc1)c1nn[nH]n1. The van der Waals surface area contributed by atoms with Gasteiger partial charge in [0.05, 0.1) is 5.92 Å². The molecule has 2 aromatic carbocycles. The molecule has 0 aliphatic rings. The molecule has 150 valence electrons. The molecule has 0 aliphatic carbocycles. The molecule has 0 saturated heterocycles. The number of carbonyl (C=O) groups excluding carboxylic acids is 1. The third-order valence-electron chi connectivity index (χ3n) is 5.03. The molecule has 0 saturated carbocycles. The van der Waals surface area contributed by atoms with E-state index in [1.54, 1.807) is 12.1 Å². The van der Waals surface area contributed by atoms with Crippen LogP contribution in [-0.2, 0) is 11.2 Å². The summed E-state index contributed by atoms with van der Waals surface area (Å²) in [6.07, 6.45) is 1.70. The molecule has 0 spiro atoms. The molecule has 0 bridgehead atoms. The molecule has 0 radical (unpaired) electrons. The highest BCUT2D eigenvalue weighted by molar-refractivity contribution is 5.93. The summed E-state index contributed by atoms with van der Waals surface area (Å²) in [7, 11) is 0. The van der Waals surface area contributed by atoms with Gasteiger partial charge in [0.1, 0.15) is 0 Å². The fraction of sp³-hybridized carbons (Fsp3) is 0.286. The van der Waals surface area contributed by atoms with Crippen LogP contribution in [0, 0.1) is 5.92 Å². The van der Waals surface area contributed by atoms with Crippen molar-refractivity contribution in [2.24, 2.45) is 11.7 Å². The highest BCUT2D eigenvalue weighted by Crippen LogP contribution is 2.33. The van der Waals surface area contributed by atoms with E-state index in [2.05, 4.69) is 20.6 Å². The van der Waals surface area contributed by atoms with Gasteiger partial charge < -0.3 is 10.8 Å². The lowest BCUT2D eigenvalue weighted by Gasteiger charge is -2.22. The van der Waals surface area contributed by atoms with E-state index < -0.39 is 23.7 Å². The van der Waals surface area contributed by atoms with Crippen LogP contribution in [-0.4, -0.2) is 37.6 Å². The van der Waals surface area contributed by atoms with Crippen LogP contribution in [0.1, 0.15) is 47.4 Å². The topological polar surface area (TPSA) is 135 Å². The van der Waals surface area contributed by atoms with Crippen molar-refractivity contribution < 1.29 is 14.7 Å². The van der Waals surface area contributed by atoms with Gasteiger partial charge in [0.15, 0.2) is 5.82 Å². The van der Waals surface area contributed by atoms with Crippen molar-refractivity contribution in [3.8, 4) is 11.1 Å². The van der Waals surface area contributed by atoms with E-state index in [1.807, 2.05) is 43.3 Å². The summed E-state index contributed by atoms with van der Waals surface area (Å²) in [5.74, 6) is -2.00. The number of nitrogens with zero attached hydrogens (tertiary/aromatic N) is 3. The molecule has 1 heterocycles. The fourth-order valence-electron chi connectivity index (χ4n) is 3.58. The molecule has 8 heteroatoms. The minimum atomic E-state index is -0.870. The number of rotatable bonds is 9. The number of carboxylic acids is 1. The predicted molar refractivity (Wildman–Crippen MR) is 107 cm³/mol. The van der Waals surface area contributed by atoms with E-state index in [0.717, 1.165) is 23.1 Å². The van der Waals surface area contributed by atoms with Crippen LogP contribution in [0.15, 0.2) is 48.5 Å². The Hall–Kier alpha value is -3.55. The predicted octanol–water partition coefficient (Wildman–Crippen LogP) is 2.79. The monoisotopic (exact) mass is 393 g/mol. The van der Waals surface area contributed by atoms with Crippen molar-refractivity contribution in [3.63, 3.8) is 0 Å². The van der Waals surface area contributed by atoms with E-state index in [9.17, 15) is 14.7 Å². The van der Waals surface area contributed by atoms with E-state index in [1.165, 1.54) is 0 Å². The van der Waals surface area contributed by atoms with Crippen LogP contribution in [0.3, 0.4) is 0 Å². The molecule has 1 amide bonds. The Morgan fingerprint density at radius 3 is 2.45 bits per heavy atom. The van der Waals surface area contributed by atoms with Gasteiger partial charge in [-0.25, -0.2) is 0 Å². The molecule has 4 N–H and O–H groups in total. The zero-order chi connectivity index (χ0) is 20.8. The molecule has 3 rings (SSSR count). The lowest BCUT2D eigenvalue weighted by Crippen LogP contribution is -2.25. The fourth-order valence-corrected chi connectivity index (χ4v) is 3.58. The number of nitrogens with one attached hydrogen (secondary N) is 1. The molecule has 3 aromatic rings. The maximum absolute atomic E-state index is 11.9. The largest absolute Gasteiger partial charge is 0.481 e. The second-order valence-electron chi connectivity index (χ2n) is 6.91. The minimum Gasteiger partial charge on any atom is -0.481 e. The van der Waals surface area contributed by atoms with Crippen molar-refractivity contribution in [2.45, 2.75) is 32.1 Å². The zero-order valence-corrected chi connectivity index (χ0v) is 16.1. The first kappa shape index (κ1) is 20.2. The summed E-state index contributed by atoms with van der Waals surface area (Å²) in [4.78, 5) is 23.3. The number of hydrogen-bond acceptors (Lipinski definition) is 5. The van der Waals surface area contributed by atoms with Crippen molar-refractivity contribution in [2.75, 3.05) is 0 Å². The third kappa shape index (κ3) is 4.66. The van der Waals surface area contributed by atoms with Crippen molar-refractivity contribution in [1.29, 1.82) is 0 Å². The lowest BCUT2D eigenvalue weighted by molar-refractivity contribution is -0.143. The Morgan fingerprint density at radius 2 is 1.86 bits per heavy atom. The van der Waals surface area contributed by atoms with Gasteiger partial charge in [0.25, 0.3) is 0 Å². The van der Waals surface area contributed by atoms with Gasteiger partial charge in [-0.15, -0.1) is 10.2 Å². The smallest absolute Gasteiger partial charge is 0.307 e. The Labute approximate surface area is 168 Å². The minimum absolute atomic E-state index is 0.393. The van der Waals surface area contributed by atoms with E-state index in [4.69, 9.17) is 5.73 Å². The second-order valence-corrected chi connectivity index (χ2v) is 6.91. The molecular formula is C21H23N5O3. The lowest BCUT2D eigenvalue weighted by atomic mass is 9.81. The summed E-state index contributed by atoms with van der Waals surface area (Å²) < 4.78 is 0. The molecule has 2 atom stereocenters. The zero-order valence-electron chi connectivity index (χ0n) is 16.1. The second kappa shape index (κ2) is 9.09. The average Bonchev–Trinajstić information content (AvgIpc) is 3.25. The maximum atomic E-state index is 11.9. The molecule has 1 aromatic heterocycles. The van der Waals surface area contributed by atoms with Gasteiger partial charge >= 0.3 is 5.97 Å². The molecule has 0 unspecified atom stereocenters. The standard InChI is InChI=1S/C21H23N5O3/c1-2-5-17(21(28)29)18(20-23-25-26-24-20)12-15-6-3-4-7-16(15)13-8-10-14(11-9-13)19(22)27/h3-4,6-11,17-18H,2,5,12H2,1H3,(H2,22,27)(H,28,29)(H,23,24,25,26)/t17-,18-/m0/s1. The van der Waals surface area contributed by atoms with Gasteiger partial charge in [-0.2, -0.15) is 5.21 Å². The number of primary amides is 1. The Kier molecular flexibility index (Phi) is 6.33. The van der Waals surface area contributed by atoms with Crippen molar-refractivity contribution in [3.05, 3.63) is 65.5 Å².